The molecule has 21 heavy (non-hydrogen) atoms. The standard InChI is InChI=1S/C16H23NO4/c1-11-4-5-13(12(2)10-11)16(20)14(17-8-9-18)6-7-15(19)21-3/h4-5,10,14,17-18H,6-9H2,1-3H3. The lowest BCUT2D eigenvalue weighted by molar-refractivity contribution is -0.140. The van der Waals surface area contributed by atoms with Gasteiger partial charge in [-0.15, -0.1) is 0 Å². The molecule has 116 valence electrons. The molecule has 0 radical (unpaired) electrons. The first kappa shape index (κ1) is 17.3. The van der Waals surface area contributed by atoms with Crippen LogP contribution in [0.25, 0.3) is 0 Å². The molecule has 5 heteroatoms. The van der Waals surface area contributed by atoms with Gasteiger partial charge in [-0.05, 0) is 25.8 Å². The molecule has 0 saturated heterocycles. The third kappa shape index (κ3) is 5.28. The topological polar surface area (TPSA) is 75.6 Å². The summed E-state index contributed by atoms with van der Waals surface area (Å²) in [4.78, 5) is 23.8. The average Bonchev–Trinajstić information content (AvgIpc) is 2.46. The molecule has 5 nitrogen and oxygen atoms in total. The van der Waals surface area contributed by atoms with Crippen molar-refractivity contribution >= 4 is 11.8 Å². The molecule has 0 saturated carbocycles. The zero-order chi connectivity index (χ0) is 15.8. The summed E-state index contributed by atoms with van der Waals surface area (Å²) in [7, 11) is 1.32. The summed E-state index contributed by atoms with van der Waals surface area (Å²) in [5, 5.41) is 11.9. The number of carbonyl (C=O) groups is 2. The van der Waals surface area contributed by atoms with Crippen molar-refractivity contribution < 1.29 is 19.4 Å². The van der Waals surface area contributed by atoms with Crippen LogP contribution in [-0.2, 0) is 9.53 Å². The van der Waals surface area contributed by atoms with E-state index in [9.17, 15) is 9.59 Å². The molecule has 1 unspecified atom stereocenters. The summed E-state index contributed by atoms with van der Waals surface area (Å²) >= 11 is 0. The van der Waals surface area contributed by atoms with Crippen molar-refractivity contribution in [3.8, 4) is 0 Å². The van der Waals surface area contributed by atoms with Gasteiger partial charge in [0.25, 0.3) is 0 Å². The monoisotopic (exact) mass is 293 g/mol. The lowest BCUT2D eigenvalue weighted by atomic mass is 9.95. The second-order valence-corrected chi connectivity index (χ2v) is 5.03. The van der Waals surface area contributed by atoms with E-state index in [4.69, 9.17) is 5.11 Å². The van der Waals surface area contributed by atoms with Gasteiger partial charge >= 0.3 is 5.97 Å². The Bertz CT molecular complexity index is 499. The molecule has 0 spiro atoms. The van der Waals surface area contributed by atoms with Crippen molar-refractivity contribution in [3.05, 3.63) is 34.9 Å². The van der Waals surface area contributed by atoms with Gasteiger partial charge in [0, 0.05) is 18.5 Å². The largest absolute Gasteiger partial charge is 0.469 e. The van der Waals surface area contributed by atoms with Gasteiger partial charge < -0.3 is 15.2 Å². The van der Waals surface area contributed by atoms with Gasteiger partial charge in [0.2, 0.25) is 0 Å². The number of aryl methyl sites for hydroxylation is 2. The first-order valence-electron chi connectivity index (χ1n) is 7.02. The summed E-state index contributed by atoms with van der Waals surface area (Å²) in [5.41, 5.74) is 2.65. The quantitative estimate of drug-likeness (QED) is 0.559. The molecule has 2 N–H and O–H groups in total. The van der Waals surface area contributed by atoms with Crippen LogP contribution in [0.5, 0.6) is 0 Å². The number of rotatable bonds is 8. The van der Waals surface area contributed by atoms with Crippen LogP contribution in [0.2, 0.25) is 0 Å². The van der Waals surface area contributed by atoms with Crippen molar-refractivity contribution in [1.29, 1.82) is 0 Å². The number of aliphatic hydroxyl groups excluding tert-OH is 1. The van der Waals surface area contributed by atoms with Crippen LogP contribution in [0.3, 0.4) is 0 Å². The van der Waals surface area contributed by atoms with Gasteiger partial charge in [-0.2, -0.15) is 0 Å². The third-order valence-corrected chi connectivity index (χ3v) is 3.33. The number of carbonyl (C=O) groups excluding carboxylic acids is 2. The van der Waals surface area contributed by atoms with Crippen LogP contribution >= 0.6 is 0 Å². The van der Waals surface area contributed by atoms with Crippen molar-refractivity contribution in [3.63, 3.8) is 0 Å². The average molecular weight is 293 g/mol. The summed E-state index contributed by atoms with van der Waals surface area (Å²) in [6.45, 7) is 4.11. The van der Waals surface area contributed by atoms with Gasteiger partial charge in [0.05, 0.1) is 19.8 Å². The highest BCUT2D eigenvalue weighted by atomic mass is 16.5. The molecule has 0 amide bonds. The molecule has 0 bridgehead atoms. The van der Waals surface area contributed by atoms with Crippen molar-refractivity contribution in [2.24, 2.45) is 0 Å². The Balaban J connectivity index is 2.85. The number of hydrogen-bond donors (Lipinski definition) is 2. The van der Waals surface area contributed by atoms with Crippen molar-refractivity contribution in [1.82, 2.24) is 5.32 Å². The maximum absolute atomic E-state index is 12.6. The van der Waals surface area contributed by atoms with E-state index in [1.807, 2.05) is 26.0 Å². The van der Waals surface area contributed by atoms with Crippen molar-refractivity contribution in [2.75, 3.05) is 20.3 Å². The lowest BCUT2D eigenvalue weighted by Crippen LogP contribution is -2.39. The second-order valence-electron chi connectivity index (χ2n) is 5.03. The van der Waals surface area contributed by atoms with Gasteiger partial charge in [-0.1, -0.05) is 23.8 Å². The zero-order valence-electron chi connectivity index (χ0n) is 12.8. The van der Waals surface area contributed by atoms with E-state index in [1.165, 1.54) is 7.11 Å². The van der Waals surface area contributed by atoms with Crippen LogP contribution in [0, 0.1) is 13.8 Å². The van der Waals surface area contributed by atoms with Crippen LogP contribution < -0.4 is 5.32 Å². The van der Waals surface area contributed by atoms with Gasteiger partial charge in [-0.3, -0.25) is 9.59 Å². The maximum Gasteiger partial charge on any atom is 0.305 e. The highest BCUT2D eigenvalue weighted by molar-refractivity contribution is 6.01. The Labute approximate surface area is 125 Å². The number of esters is 1. The van der Waals surface area contributed by atoms with E-state index in [0.29, 0.717) is 18.5 Å². The fraction of sp³-hybridized carbons (Fsp3) is 0.500. The smallest absolute Gasteiger partial charge is 0.305 e. The minimum Gasteiger partial charge on any atom is -0.469 e. The fourth-order valence-corrected chi connectivity index (χ4v) is 2.21. The fourth-order valence-electron chi connectivity index (χ4n) is 2.21. The van der Waals surface area contributed by atoms with Crippen LogP contribution in [0.4, 0.5) is 0 Å². The number of hydrogen-bond acceptors (Lipinski definition) is 5. The van der Waals surface area contributed by atoms with Crippen LogP contribution in [-0.4, -0.2) is 43.2 Å². The van der Waals surface area contributed by atoms with Crippen molar-refractivity contribution in [2.45, 2.75) is 32.7 Å². The predicted octanol–water partition coefficient (Wildman–Crippen LogP) is 1.39. The number of aliphatic hydroxyl groups is 1. The molecule has 0 aliphatic rings. The lowest BCUT2D eigenvalue weighted by Gasteiger charge is -2.18. The molecule has 1 aromatic rings. The number of ketones is 1. The number of ether oxygens (including phenoxy) is 1. The molecule has 0 aliphatic heterocycles. The normalized spacial score (nSPS) is 12.0. The first-order valence-corrected chi connectivity index (χ1v) is 7.02. The minimum atomic E-state index is -0.502. The Morgan fingerprint density at radius 2 is 2.05 bits per heavy atom. The summed E-state index contributed by atoms with van der Waals surface area (Å²) in [6.07, 6.45) is 0.509. The van der Waals surface area contributed by atoms with Crippen LogP contribution in [0.15, 0.2) is 18.2 Å². The van der Waals surface area contributed by atoms with E-state index >= 15 is 0 Å². The molecule has 0 aromatic heterocycles. The summed E-state index contributed by atoms with van der Waals surface area (Å²) in [5.74, 6) is -0.413. The molecule has 0 heterocycles. The van der Waals surface area contributed by atoms with Gasteiger partial charge in [0.1, 0.15) is 0 Å². The number of Topliss-reactive ketones (excluding diaryl/α,β-unsaturated/α-hetero) is 1. The minimum absolute atomic E-state index is 0.0606. The Kier molecular flexibility index (Phi) is 7.05. The number of nitrogens with one attached hydrogen (secondary N) is 1. The zero-order valence-corrected chi connectivity index (χ0v) is 12.8. The summed E-state index contributed by atoms with van der Waals surface area (Å²) in [6, 6.07) is 5.15. The number of benzene rings is 1. The van der Waals surface area contributed by atoms with Gasteiger partial charge in [0.15, 0.2) is 5.78 Å². The van der Waals surface area contributed by atoms with Crippen LogP contribution in [0.1, 0.15) is 34.3 Å². The highest BCUT2D eigenvalue weighted by Crippen LogP contribution is 2.15. The SMILES string of the molecule is COC(=O)CCC(NCCO)C(=O)c1ccc(C)cc1C. The third-order valence-electron chi connectivity index (χ3n) is 3.33. The van der Waals surface area contributed by atoms with E-state index in [-0.39, 0.29) is 24.8 Å². The van der Waals surface area contributed by atoms with E-state index in [1.54, 1.807) is 6.07 Å². The summed E-state index contributed by atoms with van der Waals surface area (Å²) < 4.78 is 4.60. The molecule has 1 atom stereocenters. The maximum atomic E-state index is 12.6. The Hall–Kier alpha value is -1.72. The second kappa shape index (κ2) is 8.54. The molecule has 0 aliphatic carbocycles. The molecular formula is C16H23NO4. The molecule has 1 aromatic carbocycles. The van der Waals surface area contributed by atoms with E-state index in [0.717, 1.165) is 11.1 Å². The molecular weight excluding hydrogens is 270 g/mol. The molecule has 0 fully saturated rings. The Morgan fingerprint density at radius 1 is 1.33 bits per heavy atom. The Morgan fingerprint density at radius 3 is 2.62 bits per heavy atom. The highest BCUT2D eigenvalue weighted by Gasteiger charge is 2.22. The first-order chi connectivity index (χ1) is 9.99. The number of methoxy groups -OCH3 is 1. The molecule has 1 rings (SSSR count). The predicted molar refractivity (Wildman–Crippen MR) is 80.4 cm³/mol. The van der Waals surface area contributed by atoms with E-state index < -0.39 is 6.04 Å². The van der Waals surface area contributed by atoms with E-state index in [2.05, 4.69) is 10.1 Å². The van der Waals surface area contributed by atoms with Gasteiger partial charge in [-0.25, -0.2) is 0 Å².